The van der Waals surface area contributed by atoms with Crippen LogP contribution in [0, 0.1) is 5.82 Å². The van der Waals surface area contributed by atoms with Crippen molar-refractivity contribution in [3.05, 3.63) is 58.9 Å². The van der Waals surface area contributed by atoms with Crippen molar-refractivity contribution in [3.63, 3.8) is 0 Å². The number of carbonyl (C=O) groups is 1. The smallest absolute Gasteiger partial charge is 0.339 e. The maximum Gasteiger partial charge on any atom is 0.339 e. The lowest BCUT2D eigenvalue weighted by molar-refractivity contribution is 0.0694. The Morgan fingerprint density at radius 2 is 1.94 bits per heavy atom. The first kappa shape index (κ1) is 12.4. The topological polar surface area (TPSA) is 46.5 Å². The minimum absolute atomic E-state index is 0.00196. The molecule has 0 heterocycles. The predicted octanol–water partition coefficient (Wildman–Crippen LogP) is 3.97. The fourth-order valence-corrected chi connectivity index (χ4v) is 1.66. The second-order valence-corrected chi connectivity index (χ2v) is 3.94. The monoisotopic (exact) mass is 266 g/mol. The summed E-state index contributed by atoms with van der Waals surface area (Å²) in [4.78, 5) is 11.0. The van der Waals surface area contributed by atoms with Crippen molar-refractivity contribution in [2.75, 3.05) is 0 Å². The van der Waals surface area contributed by atoms with Crippen LogP contribution in [-0.2, 0) is 0 Å². The van der Waals surface area contributed by atoms with Crippen molar-refractivity contribution in [3.8, 4) is 11.5 Å². The van der Waals surface area contributed by atoms with Gasteiger partial charge in [-0.1, -0.05) is 23.7 Å². The first-order chi connectivity index (χ1) is 8.56. The van der Waals surface area contributed by atoms with Gasteiger partial charge in [0.2, 0.25) is 0 Å². The fraction of sp³-hybridized carbons (Fsp3) is 0. The zero-order valence-corrected chi connectivity index (χ0v) is 9.82. The van der Waals surface area contributed by atoms with E-state index in [9.17, 15) is 9.18 Å². The minimum Gasteiger partial charge on any atom is -0.478 e. The molecule has 18 heavy (non-hydrogen) atoms. The number of para-hydroxylation sites is 1. The minimum atomic E-state index is -1.12. The molecule has 2 rings (SSSR count). The number of carboxylic acid groups (broad SMARTS) is 1. The van der Waals surface area contributed by atoms with E-state index in [0.717, 1.165) is 12.1 Å². The lowest BCUT2D eigenvalue weighted by Gasteiger charge is -2.08. The molecular formula is C13H8ClFO3. The average molecular weight is 267 g/mol. The Balaban J connectivity index is 2.37. The van der Waals surface area contributed by atoms with Gasteiger partial charge < -0.3 is 9.84 Å². The van der Waals surface area contributed by atoms with Crippen LogP contribution in [0.4, 0.5) is 4.39 Å². The molecule has 2 aromatic rings. The van der Waals surface area contributed by atoms with Crippen LogP contribution < -0.4 is 4.74 Å². The first-order valence-corrected chi connectivity index (χ1v) is 5.40. The number of carboxylic acids is 1. The van der Waals surface area contributed by atoms with E-state index in [4.69, 9.17) is 21.4 Å². The van der Waals surface area contributed by atoms with Crippen molar-refractivity contribution >= 4 is 17.6 Å². The normalized spacial score (nSPS) is 10.1. The Hall–Kier alpha value is -2.07. The molecule has 0 aliphatic rings. The lowest BCUT2D eigenvalue weighted by Crippen LogP contribution is -1.99. The standard InChI is InChI=1S/C13H8ClFO3/c14-8-5-9(15)7-10(6-8)18-12-4-2-1-3-11(12)13(16)17/h1-7H,(H,16,17). The van der Waals surface area contributed by atoms with Gasteiger partial charge in [0.25, 0.3) is 0 Å². The molecule has 0 saturated carbocycles. The van der Waals surface area contributed by atoms with E-state index in [0.29, 0.717) is 0 Å². The molecule has 0 spiro atoms. The van der Waals surface area contributed by atoms with Gasteiger partial charge in [-0.05, 0) is 24.3 Å². The van der Waals surface area contributed by atoms with Gasteiger partial charge in [-0.2, -0.15) is 0 Å². The molecule has 0 amide bonds. The Bertz CT molecular complexity index is 578. The van der Waals surface area contributed by atoms with Gasteiger partial charge in [0, 0.05) is 11.1 Å². The molecule has 0 aliphatic heterocycles. The summed E-state index contributed by atoms with van der Waals surface area (Å²) in [5.74, 6) is -1.39. The lowest BCUT2D eigenvalue weighted by atomic mass is 10.2. The summed E-state index contributed by atoms with van der Waals surface area (Å²) in [5, 5.41) is 9.15. The average Bonchev–Trinajstić information content (AvgIpc) is 2.27. The number of halogens is 2. The van der Waals surface area contributed by atoms with E-state index < -0.39 is 11.8 Å². The van der Waals surface area contributed by atoms with Gasteiger partial charge in [-0.15, -0.1) is 0 Å². The third kappa shape index (κ3) is 2.78. The Morgan fingerprint density at radius 1 is 1.22 bits per heavy atom. The third-order valence-corrected chi connectivity index (χ3v) is 2.40. The predicted molar refractivity (Wildman–Crippen MR) is 64.9 cm³/mol. The zero-order chi connectivity index (χ0) is 13.1. The SMILES string of the molecule is O=C(O)c1ccccc1Oc1cc(F)cc(Cl)c1. The molecule has 3 nitrogen and oxygen atoms in total. The molecule has 0 fully saturated rings. The number of aromatic carboxylic acids is 1. The van der Waals surface area contributed by atoms with E-state index in [-0.39, 0.29) is 22.1 Å². The molecule has 0 radical (unpaired) electrons. The van der Waals surface area contributed by atoms with Crippen molar-refractivity contribution in [2.24, 2.45) is 0 Å². The molecule has 2 aromatic carbocycles. The first-order valence-electron chi connectivity index (χ1n) is 5.02. The van der Waals surface area contributed by atoms with Crippen LogP contribution in [0.25, 0.3) is 0 Å². The van der Waals surface area contributed by atoms with E-state index in [2.05, 4.69) is 0 Å². The highest BCUT2D eigenvalue weighted by molar-refractivity contribution is 6.30. The number of ether oxygens (including phenoxy) is 1. The van der Waals surface area contributed by atoms with Crippen LogP contribution in [0.5, 0.6) is 11.5 Å². The quantitative estimate of drug-likeness (QED) is 0.914. The van der Waals surface area contributed by atoms with Gasteiger partial charge in [0.1, 0.15) is 22.9 Å². The highest BCUT2D eigenvalue weighted by Gasteiger charge is 2.11. The zero-order valence-electron chi connectivity index (χ0n) is 9.06. The molecule has 1 N–H and O–H groups in total. The highest BCUT2D eigenvalue weighted by Crippen LogP contribution is 2.28. The van der Waals surface area contributed by atoms with Crippen molar-refractivity contribution in [1.29, 1.82) is 0 Å². The summed E-state index contributed by atoms with van der Waals surface area (Å²) in [6, 6.07) is 9.77. The molecule has 0 unspecified atom stereocenters. The summed E-state index contributed by atoms with van der Waals surface area (Å²) in [6.07, 6.45) is 0. The largest absolute Gasteiger partial charge is 0.478 e. The molecular weight excluding hydrogens is 259 g/mol. The number of hydrogen-bond donors (Lipinski definition) is 1. The summed E-state index contributed by atoms with van der Waals surface area (Å²) in [6.45, 7) is 0. The highest BCUT2D eigenvalue weighted by atomic mass is 35.5. The summed E-state index contributed by atoms with van der Waals surface area (Å²) < 4.78 is 18.4. The van der Waals surface area contributed by atoms with Gasteiger partial charge in [0.15, 0.2) is 0 Å². The van der Waals surface area contributed by atoms with Crippen molar-refractivity contribution in [1.82, 2.24) is 0 Å². The Kier molecular flexibility index (Phi) is 3.48. The van der Waals surface area contributed by atoms with E-state index in [1.807, 2.05) is 0 Å². The molecule has 0 aliphatic carbocycles. The van der Waals surface area contributed by atoms with Crippen LogP contribution in [0.1, 0.15) is 10.4 Å². The van der Waals surface area contributed by atoms with Gasteiger partial charge in [-0.25, -0.2) is 9.18 Å². The molecule has 0 atom stereocenters. The maximum atomic E-state index is 13.1. The number of hydrogen-bond acceptors (Lipinski definition) is 2. The van der Waals surface area contributed by atoms with Gasteiger partial charge in [-0.3, -0.25) is 0 Å². The van der Waals surface area contributed by atoms with Gasteiger partial charge >= 0.3 is 5.97 Å². The van der Waals surface area contributed by atoms with E-state index in [1.165, 1.54) is 18.2 Å². The van der Waals surface area contributed by atoms with Crippen LogP contribution in [0.2, 0.25) is 5.02 Å². The third-order valence-electron chi connectivity index (χ3n) is 2.18. The summed E-state index contributed by atoms with van der Waals surface area (Å²) in [7, 11) is 0. The van der Waals surface area contributed by atoms with E-state index in [1.54, 1.807) is 12.1 Å². The van der Waals surface area contributed by atoms with Crippen molar-refractivity contribution < 1.29 is 19.0 Å². The second-order valence-electron chi connectivity index (χ2n) is 3.51. The summed E-state index contributed by atoms with van der Waals surface area (Å²) in [5.41, 5.74) is -0.00196. The number of rotatable bonds is 3. The van der Waals surface area contributed by atoms with Crippen LogP contribution >= 0.6 is 11.6 Å². The van der Waals surface area contributed by atoms with Crippen molar-refractivity contribution in [2.45, 2.75) is 0 Å². The van der Waals surface area contributed by atoms with Crippen LogP contribution in [0.15, 0.2) is 42.5 Å². The fourth-order valence-electron chi connectivity index (χ4n) is 1.45. The molecule has 0 bridgehead atoms. The Labute approximate surface area is 107 Å². The molecule has 92 valence electrons. The second kappa shape index (κ2) is 5.06. The molecule has 0 saturated heterocycles. The number of benzene rings is 2. The molecule has 0 aromatic heterocycles. The maximum absolute atomic E-state index is 13.1. The van der Waals surface area contributed by atoms with Crippen LogP contribution in [0.3, 0.4) is 0 Å². The summed E-state index contributed by atoms with van der Waals surface area (Å²) >= 11 is 5.68. The van der Waals surface area contributed by atoms with E-state index >= 15 is 0 Å². The van der Waals surface area contributed by atoms with Gasteiger partial charge in [0.05, 0.1) is 0 Å². The van der Waals surface area contributed by atoms with Crippen LogP contribution in [-0.4, -0.2) is 11.1 Å². The molecule has 5 heteroatoms. The Morgan fingerprint density at radius 3 is 2.61 bits per heavy atom.